The van der Waals surface area contributed by atoms with Crippen LogP contribution in [0.1, 0.15) is 11.3 Å². The molecule has 0 saturated heterocycles. The Morgan fingerprint density at radius 1 is 1.37 bits per heavy atom. The number of aromatic nitrogens is 2. The third-order valence-electron chi connectivity index (χ3n) is 2.94. The van der Waals surface area contributed by atoms with Crippen molar-refractivity contribution in [1.29, 1.82) is 0 Å². The smallest absolute Gasteiger partial charge is 0.231 e. The molecule has 2 N–H and O–H groups in total. The van der Waals surface area contributed by atoms with Gasteiger partial charge in [-0.25, -0.2) is 4.98 Å². The molecule has 2 aromatic rings. The van der Waals surface area contributed by atoms with Crippen LogP contribution < -0.4 is 14.8 Å². The van der Waals surface area contributed by atoms with Gasteiger partial charge in [0.05, 0.1) is 10.8 Å². The summed E-state index contributed by atoms with van der Waals surface area (Å²) < 4.78 is 11.7. The van der Waals surface area contributed by atoms with E-state index in [2.05, 4.69) is 37.3 Å². The number of imidazole rings is 1. The van der Waals surface area contributed by atoms with E-state index in [1.807, 2.05) is 12.3 Å². The number of nitrogens with zero attached hydrogens (tertiary/aromatic N) is 1. The first-order valence-corrected chi connectivity index (χ1v) is 6.88. The number of ether oxygens (including phenoxy) is 2. The van der Waals surface area contributed by atoms with Crippen molar-refractivity contribution < 1.29 is 9.47 Å². The summed E-state index contributed by atoms with van der Waals surface area (Å²) in [6, 6.07) is 4.06. The first kappa shape index (κ1) is 12.5. The summed E-state index contributed by atoms with van der Waals surface area (Å²) in [6.45, 7) is 1.99. The van der Waals surface area contributed by atoms with Crippen LogP contribution in [0, 0.1) is 0 Å². The number of H-pyrrole nitrogens is 1. The highest BCUT2D eigenvalue weighted by Crippen LogP contribution is 2.39. The van der Waals surface area contributed by atoms with Crippen LogP contribution in [0.5, 0.6) is 11.5 Å². The van der Waals surface area contributed by atoms with Gasteiger partial charge in [-0.2, -0.15) is 0 Å². The highest BCUT2D eigenvalue weighted by molar-refractivity contribution is 9.10. The van der Waals surface area contributed by atoms with E-state index in [0.717, 1.165) is 41.2 Å². The molecule has 19 heavy (non-hydrogen) atoms. The van der Waals surface area contributed by atoms with Crippen molar-refractivity contribution in [2.24, 2.45) is 0 Å². The van der Waals surface area contributed by atoms with Crippen molar-refractivity contribution in [2.45, 2.75) is 13.0 Å². The Kier molecular flexibility index (Phi) is 3.70. The number of nitrogens with one attached hydrogen (secondary N) is 2. The molecule has 0 atom stereocenters. The van der Waals surface area contributed by atoms with Crippen molar-refractivity contribution in [1.82, 2.24) is 15.3 Å². The number of hydrogen-bond acceptors (Lipinski definition) is 4. The molecular weight excluding hydrogens is 310 g/mol. The first-order chi connectivity index (χ1) is 9.33. The van der Waals surface area contributed by atoms with E-state index >= 15 is 0 Å². The lowest BCUT2D eigenvalue weighted by Crippen LogP contribution is -2.16. The standard InChI is InChI=1S/C13H14BrN3O2/c14-11-3-9(4-12-13(11)19-8-18-12)5-15-2-1-10-6-16-7-17-10/h3-4,6-7,15H,1-2,5,8H2,(H,16,17). The molecule has 0 amide bonds. The zero-order valence-corrected chi connectivity index (χ0v) is 11.9. The summed E-state index contributed by atoms with van der Waals surface area (Å²) in [5.74, 6) is 1.60. The predicted octanol–water partition coefficient (Wildman–Crippen LogP) is 2.23. The van der Waals surface area contributed by atoms with Gasteiger partial charge in [-0.3, -0.25) is 0 Å². The second-order valence-corrected chi connectivity index (χ2v) is 5.17. The third kappa shape index (κ3) is 2.90. The highest BCUT2D eigenvalue weighted by Gasteiger charge is 2.17. The lowest BCUT2D eigenvalue weighted by molar-refractivity contribution is 0.173. The Hall–Kier alpha value is -1.53. The van der Waals surface area contributed by atoms with Crippen LogP contribution in [0.25, 0.3) is 0 Å². The summed E-state index contributed by atoms with van der Waals surface area (Å²) in [6.07, 6.45) is 4.48. The fourth-order valence-electron chi connectivity index (χ4n) is 2.00. The fourth-order valence-corrected chi connectivity index (χ4v) is 2.60. The van der Waals surface area contributed by atoms with Gasteiger partial charge in [-0.15, -0.1) is 0 Å². The topological polar surface area (TPSA) is 59.2 Å². The van der Waals surface area contributed by atoms with Gasteiger partial charge < -0.3 is 19.8 Å². The summed E-state index contributed by atoms with van der Waals surface area (Å²) in [5, 5.41) is 3.39. The fraction of sp³-hybridized carbons (Fsp3) is 0.308. The molecule has 0 bridgehead atoms. The maximum absolute atomic E-state index is 5.39. The minimum atomic E-state index is 0.296. The largest absolute Gasteiger partial charge is 0.454 e. The maximum atomic E-state index is 5.39. The molecule has 0 unspecified atom stereocenters. The average molecular weight is 324 g/mol. The van der Waals surface area contributed by atoms with Crippen LogP contribution in [-0.2, 0) is 13.0 Å². The van der Waals surface area contributed by atoms with Gasteiger partial charge in [0, 0.05) is 31.4 Å². The van der Waals surface area contributed by atoms with Gasteiger partial charge in [-0.1, -0.05) is 0 Å². The molecule has 1 aliphatic rings. The normalized spacial score (nSPS) is 12.9. The Morgan fingerprint density at radius 2 is 2.32 bits per heavy atom. The lowest BCUT2D eigenvalue weighted by atomic mass is 10.2. The zero-order valence-electron chi connectivity index (χ0n) is 10.3. The van der Waals surface area contributed by atoms with Gasteiger partial charge in [-0.05, 0) is 33.6 Å². The minimum Gasteiger partial charge on any atom is -0.454 e. The Morgan fingerprint density at radius 3 is 3.16 bits per heavy atom. The van der Waals surface area contributed by atoms with Crippen LogP contribution in [0.15, 0.2) is 29.1 Å². The molecule has 0 radical (unpaired) electrons. The van der Waals surface area contributed by atoms with Crippen molar-refractivity contribution in [3.05, 3.63) is 40.4 Å². The van der Waals surface area contributed by atoms with E-state index in [-0.39, 0.29) is 0 Å². The van der Waals surface area contributed by atoms with Crippen LogP contribution in [0.4, 0.5) is 0 Å². The monoisotopic (exact) mass is 323 g/mol. The summed E-state index contributed by atoms with van der Waals surface area (Å²) in [4.78, 5) is 7.07. The number of hydrogen-bond donors (Lipinski definition) is 2. The molecule has 3 rings (SSSR count). The van der Waals surface area contributed by atoms with Gasteiger partial charge in [0.1, 0.15) is 0 Å². The van der Waals surface area contributed by atoms with Crippen LogP contribution in [-0.4, -0.2) is 23.3 Å². The molecule has 1 aliphatic heterocycles. The number of aromatic amines is 1. The predicted molar refractivity (Wildman–Crippen MR) is 74.3 cm³/mol. The molecule has 100 valence electrons. The molecule has 0 aliphatic carbocycles. The summed E-state index contributed by atoms with van der Waals surface area (Å²) >= 11 is 3.49. The SMILES string of the molecule is Brc1cc(CNCCc2cnc[nH]2)cc2c1OCO2. The van der Waals surface area contributed by atoms with Gasteiger partial charge in [0.25, 0.3) is 0 Å². The third-order valence-corrected chi connectivity index (χ3v) is 3.53. The van der Waals surface area contributed by atoms with Crippen molar-refractivity contribution in [2.75, 3.05) is 13.3 Å². The van der Waals surface area contributed by atoms with Crippen molar-refractivity contribution in [3.63, 3.8) is 0 Å². The average Bonchev–Trinajstić information content (AvgIpc) is 3.05. The zero-order chi connectivity index (χ0) is 13.1. The molecule has 5 nitrogen and oxygen atoms in total. The molecule has 0 saturated carbocycles. The summed E-state index contributed by atoms with van der Waals surface area (Å²) in [5.41, 5.74) is 2.31. The molecule has 6 heteroatoms. The van der Waals surface area contributed by atoms with E-state index in [1.54, 1.807) is 6.33 Å². The second-order valence-electron chi connectivity index (χ2n) is 4.32. The lowest BCUT2D eigenvalue weighted by Gasteiger charge is -2.06. The number of benzene rings is 1. The second kappa shape index (κ2) is 5.63. The minimum absolute atomic E-state index is 0.296. The van der Waals surface area contributed by atoms with E-state index in [4.69, 9.17) is 9.47 Å². The highest BCUT2D eigenvalue weighted by atomic mass is 79.9. The van der Waals surface area contributed by atoms with E-state index in [9.17, 15) is 0 Å². The van der Waals surface area contributed by atoms with Crippen LogP contribution >= 0.6 is 15.9 Å². The first-order valence-electron chi connectivity index (χ1n) is 6.09. The van der Waals surface area contributed by atoms with Gasteiger partial charge >= 0.3 is 0 Å². The quantitative estimate of drug-likeness (QED) is 0.828. The van der Waals surface area contributed by atoms with E-state index in [0.29, 0.717) is 6.79 Å². The van der Waals surface area contributed by atoms with Crippen LogP contribution in [0.2, 0.25) is 0 Å². The van der Waals surface area contributed by atoms with Gasteiger partial charge in [0.2, 0.25) is 6.79 Å². The summed E-state index contributed by atoms with van der Waals surface area (Å²) in [7, 11) is 0. The van der Waals surface area contributed by atoms with E-state index in [1.165, 1.54) is 5.56 Å². The number of halogens is 1. The Bertz CT molecular complexity index is 557. The van der Waals surface area contributed by atoms with Crippen molar-refractivity contribution in [3.8, 4) is 11.5 Å². The Balaban J connectivity index is 1.54. The molecule has 1 aromatic carbocycles. The molecule has 0 fully saturated rings. The maximum Gasteiger partial charge on any atom is 0.231 e. The Labute approximate surface area is 119 Å². The van der Waals surface area contributed by atoms with Gasteiger partial charge in [0.15, 0.2) is 11.5 Å². The molecular formula is C13H14BrN3O2. The van der Waals surface area contributed by atoms with Crippen LogP contribution in [0.3, 0.4) is 0 Å². The van der Waals surface area contributed by atoms with Crippen molar-refractivity contribution >= 4 is 15.9 Å². The molecule has 2 heterocycles. The molecule has 1 aromatic heterocycles. The number of fused-ring (bicyclic) bond motifs is 1. The van der Waals surface area contributed by atoms with E-state index < -0.39 is 0 Å². The number of rotatable bonds is 5. The molecule has 0 spiro atoms.